The van der Waals surface area contributed by atoms with Crippen molar-refractivity contribution in [2.45, 2.75) is 44.2 Å². The first-order chi connectivity index (χ1) is 16.4. The van der Waals surface area contributed by atoms with Gasteiger partial charge >= 0.3 is 5.97 Å². The number of benzene rings is 2. The zero-order valence-electron chi connectivity index (χ0n) is 19.3. The van der Waals surface area contributed by atoms with E-state index in [4.69, 9.17) is 15.6 Å². The minimum atomic E-state index is -0.894. The first-order valence-corrected chi connectivity index (χ1v) is 11.7. The van der Waals surface area contributed by atoms with Gasteiger partial charge in [-0.1, -0.05) is 42.5 Å². The van der Waals surface area contributed by atoms with E-state index in [9.17, 15) is 14.4 Å². The summed E-state index contributed by atoms with van der Waals surface area (Å²) in [6.45, 7) is 2.26. The Balaban J connectivity index is 1.53. The molecule has 1 saturated heterocycles. The van der Waals surface area contributed by atoms with Gasteiger partial charge < -0.3 is 25.8 Å². The number of nitrogens with two attached hydrogens (primary N) is 1. The number of carbonyl (C=O) groups excluding carboxylic acids is 2. The summed E-state index contributed by atoms with van der Waals surface area (Å²) in [4.78, 5) is 38.1. The molecule has 2 aromatic rings. The minimum Gasteiger partial charge on any atom is -0.481 e. The van der Waals surface area contributed by atoms with Crippen LogP contribution in [0.2, 0.25) is 0 Å². The number of hydrogen-bond donors (Lipinski definition) is 3. The fraction of sp³-hybridized carbons (Fsp3) is 0.423. The Labute approximate surface area is 200 Å². The predicted molar refractivity (Wildman–Crippen MR) is 128 cm³/mol. The molecule has 2 atom stereocenters. The summed E-state index contributed by atoms with van der Waals surface area (Å²) in [5.41, 5.74) is 8.74. The summed E-state index contributed by atoms with van der Waals surface area (Å²) in [6, 6.07) is 16.0. The molecule has 1 fully saturated rings. The van der Waals surface area contributed by atoms with Crippen molar-refractivity contribution in [3.8, 4) is 0 Å². The molecular weight excluding hydrogens is 434 g/mol. The molecule has 2 aromatic carbocycles. The lowest BCUT2D eigenvalue weighted by atomic mass is 10.00. The van der Waals surface area contributed by atoms with E-state index in [0.29, 0.717) is 51.1 Å². The molecule has 0 aliphatic carbocycles. The zero-order valence-corrected chi connectivity index (χ0v) is 19.3. The first kappa shape index (κ1) is 25.4. The van der Waals surface area contributed by atoms with E-state index in [2.05, 4.69) is 5.32 Å². The average Bonchev–Trinajstić information content (AvgIpc) is 2.86. The highest BCUT2D eigenvalue weighted by Gasteiger charge is 2.21. The highest BCUT2D eigenvalue weighted by Crippen LogP contribution is 2.12. The Hall–Kier alpha value is -3.23. The van der Waals surface area contributed by atoms with Crippen LogP contribution in [0.4, 0.5) is 0 Å². The lowest BCUT2D eigenvalue weighted by Crippen LogP contribution is -2.46. The molecule has 8 heteroatoms. The third kappa shape index (κ3) is 7.97. The fourth-order valence-corrected chi connectivity index (χ4v) is 3.96. The van der Waals surface area contributed by atoms with E-state index in [-0.39, 0.29) is 24.3 Å². The Kier molecular flexibility index (Phi) is 9.61. The van der Waals surface area contributed by atoms with E-state index in [0.717, 1.165) is 17.5 Å². The second kappa shape index (κ2) is 12.9. The van der Waals surface area contributed by atoms with Crippen molar-refractivity contribution in [1.82, 2.24) is 10.2 Å². The van der Waals surface area contributed by atoms with E-state index in [1.54, 1.807) is 17.0 Å². The standard InChI is InChI=1S/C26H33N3O5/c27-23(18-20-6-9-21(10-7-20)26(33)29-14-16-34-17-15-29)25(32)28-22(12-13-24(30)31)11-8-19-4-2-1-3-5-19/h1-7,9-10,22-23H,8,11-18,27H2,(H,28,32)(H,30,31)/t22-,23-/m0/s1. The smallest absolute Gasteiger partial charge is 0.303 e. The Morgan fingerprint density at radius 2 is 1.65 bits per heavy atom. The Morgan fingerprint density at radius 1 is 0.971 bits per heavy atom. The van der Waals surface area contributed by atoms with Crippen molar-refractivity contribution in [2.24, 2.45) is 5.73 Å². The third-order valence-corrected chi connectivity index (χ3v) is 5.97. The number of aliphatic carboxylic acids is 1. The minimum absolute atomic E-state index is 0.0202. The van der Waals surface area contributed by atoms with Crippen molar-refractivity contribution in [2.75, 3.05) is 26.3 Å². The van der Waals surface area contributed by atoms with Gasteiger partial charge in [0.15, 0.2) is 0 Å². The zero-order chi connectivity index (χ0) is 24.3. The number of nitrogens with one attached hydrogen (secondary N) is 1. The van der Waals surface area contributed by atoms with Crippen molar-refractivity contribution >= 4 is 17.8 Å². The maximum atomic E-state index is 12.7. The molecule has 4 N–H and O–H groups in total. The highest BCUT2D eigenvalue weighted by atomic mass is 16.5. The SMILES string of the molecule is N[C@@H](Cc1ccc(C(=O)N2CCOCC2)cc1)C(=O)N[C@H](CCC(=O)O)CCc1ccccc1. The number of rotatable bonds is 11. The maximum Gasteiger partial charge on any atom is 0.303 e. The summed E-state index contributed by atoms with van der Waals surface area (Å²) < 4.78 is 5.29. The van der Waals surface area contributed by atoms with Crippen LogP contribution in [0, 0.1) is 0 Å². The lowest BCUT2D eigenvalue weighted by Gasteiger charge is -2.27. The van der Waals surface area contributed by atoms with Gasteiger partial charge in [0, 0.05) is 31.1 Å². The summed E-state index contributed by atoms with van der Waals surface area (Å²) in [7, 11) is 0. The van der Waals surface area contributed by atoms with Gasteiger partial charge in [-0.25, -0.2) is 0 Å². The number of carboxylic acids is 1. The van der Waals surface area contributed by atoms with E-state index in [1.807, 2.05) is 42.5 Å². The normalized spacial score (nSPS) is 15.4. The van der Waals surface area contributed by atoms with E-state index < -0.39 is 12.0 Å². The number of morpholine rings is 1. The van der Waals surface area contributed by atoms with Gasteiger partial charge in [0.25, 0.3) is 5.91 Å². The second-order valence-electron chi connectivity index (χ2n) is 8.57. The first-order valence-electron chi connectivity index (χ1n) is 11.7. The number of carbonyl (C=O) groups is 3. The molecule has 0 aromatic heterocycles. The van der Waals surface area contributed by atoms with Gasteiger partial charge in [0.1, 0.15) is 0 Å². The fourth-order valence-electron chi connectivity index (χ4n) is 3.96. The summed E-state index contributed by atoms with van der Waals surface area (Å²) in [5.74, 6) is -1.23. The number of hydrogen-bond acceptors (Lipinski definition) is 5. The van der Waals surface area contributed by atoms with Crippen molar-refractivity contribution in [3.63, 3.8) is 0 Å². The number of nitrogens with zero attached hydrogens (tertiary/aromatic N) is 1. The molecule has 2 amide bonds. The molecule has 1 heterocycles. The van der Waals surface area contributed by atoms with Crippen molar-refractivity contribution < 1.29 is 24.2 Å². The van der Waals surface area contributed by atoms with Gasteiger partial charge in [-0.3, -0.25) is 14.4 Å². The molecule has 182 valence electrons. The van der Waals surface area contributed by atoms with Crippen LogP contribution in [0.15, 0.2) is 54.6 Å². The molecule has 1 aliphatic heterocycles. The molecule has 34 heavy (non-hydrogen) atoms. The number of ether oxygens (including phenoxy) is 1. The highest BCUT2D eigenvalue weighted by molar-refractivity contribution is 5.94. The van der Waals surface area contributed by atoms with Crippen LogP contribution in [-0.4, -0.2) is 66.2 Å². The van der Waals surface area contributed by atoms with Gasteiger partial charge in [0.05, 0.1) is 19.3 Å². The molecule has 0 saturated carbocycles. The molecular formula is C26H33N3O5. The molecule has 3 rings (SSSR count). The lowest BCUT2D eigenvalue weighted by molar-refractivity contribution is -0.137. The predicted octanol–water partition coefficient (Wildman–Crippen LogP) is 2.01. The topological polar surface area (TPSA) is 122 Å². The second-order valence-corrected chi connectivity index (χ2v) is 8.57. The molecule has 1 aliphatic rings. The van der Waals surface area contributed by atoms with Crippen LogP contribution in [0.5, 0.6) is 0 Å². The van der Waals surface area contributed by atoms with Crippen LogP contribution >= 0.6 is 0 Å². The van der Waals surface area contributed by atoms with Gasteiger partial charge in [0.2, 0.25) is 5.91 Å². The quantitative estimate of drug-likeness (QED) is 0.465. The summed E-state index contributed by atoms with van der Waals surface area (Å²) >= 11 is 0. The molecule has 0 spiro atoms. The van der Waals surface area contributed by atoms with E-state index in [1.165, 1.54) is 0 Å². The van der Waals surface area contributed by atoms with E-state index >= 15 is 0 Å². The molecule has 8 nitrogen and oxygen atoms in total. The van der Waals surface area contributed by atoms with Crippen LogP contribution in [0.1, 0.15) is 40.7 Å². The Morgan fingerprint density at radius 3 is 2.29 bits per heavy atom. The van der Waals surface area contributed by atoms with Gasteiger partial charge in [-0.15, -0.1) is 0 Å². The monoisotopic (exact) mass is 467 g/mol. The van der Waals surface area contributed by atoms with Crippen LogP contribution < -0.4 is 11.1 Å². The summed E-state index contributed by atoms with van der Waals surface area (Å²) in [6.07, 6.45) is 2.02. The summed E-state index contributed by atoms with van der Waals surface area (Å²) in [5, 5.41) is 12.0. The maximum absolute atomic E-state index is 12.7. The largest absolute Gasteiger partial charge is 0.481 e. The number of aryl methyl sites for hydroxylation is 1. The number of amides is 2. The van der Waals surface area contributed by atoms with Gasteiger partial charge in [-0.2, -0.15) is 0 Å². The Bertz CT molecular complexity index is 943. The molecule has 0 bridgehead atoms. The van der Waals surface area contributed by atoms with Crippen molar-refractivity contribution in [3.05, 3.63) is 71.3 Å². The molecule has 0 unspecified atom stereocenters. The average molecular weight is 468 g/mol. The van der Waals surface area contributed by atoms with Crippen LogP contribution in [0.25, 0.3) is 0 Å². The van der Waals surface area contributed by atoms with Gasteiger partial charge in [-0.05, 0) is 48.9 Å². The number of carboxylic acid groups (broad SMARTS) is 1. The van der Waals surface area contributed by atoms with Crippen LogP contribution in [-0.2, 0) is 27.2 Å². The van der Waals surface area contributed by atoms with Crippen LogP contribution in [0.3, 0.4) is 0 Å². The third-order valence-electron chi connectivity index (χ3n) is 5.97. The molecule has 0 radical (unpaired) electrons. The van der Waals surface area contributed by atoms with Crippen molar-refractivity contribution in [1.29, 1.82) is 0 Å².